The van der Waals surface area contributed by atoms with Gasteiger partial charge in [-0.1, -0.05) is 27.2 Å². The molecule has 1 aromatic rings. The summed E-state index contributed by atoms with van der Waals surface area (Å²) < 4.78 is 1.26. The molecule has 1 aromatic heterocycles. The summed E-state index contributed by atoms with van der Waals surface area (Å²) in [4.78, 5) is 1.46. The summed E-state index contributed by atoms with van der Waals surface area (Å²) in [5.41, 5.74) is 0.292. The lowest BCUT2D eigenvalue weighted by Crippen LogP contribution is -2.37. The molecule has 102 valence electrons. The quantitative estimate of drug-likeness (QED) is 0.576. The molecule has 0 aliphatic heterocycles. The molecule has 0 spiro atoms. The predicted octanol–water partition coefficient (Wildman–Crippen LogP) is 6.12. The normalized spacial score (nSPS) is 29.5. The Hall–Kier alpha value is 0.470. The number of hydrogen-bond donors (Lipinski definition) is 0. The summed E-state index contributed by atoms with van der Waals surface area (Å²) >= 11 is 12.1. The van der Waals surface area contributed by atoms with Gasteiger partial charge in [0, 0.05) is 14.7 Å². The third kappa shape index (κ3) is 3.32. The fourth-order valence-electron chi connectivity index (χ4n) is 3.19. The van der Waals surface area contributed by atoms with Crippen LogP contribution < -0.4 is 0 Å². The first kappa shape index (κ1) is 14.9. The van der Waals surface area contributed by atoms with Crippen LogP contribution in [0.3, 0.4) is 0 Å². The molecule has 3 atom stereocenters. The monoisotopic (exact) mass is 348 g/mol. The van der Waals surface area contributed by atoms with Gasteiger partial charge in [-0.3, -0.25) is 0 Å². The summed E-state index contributed by atoms with van der Waals surface area (Å²) in [6.45, 7) is 7.10. The molecule has 1 aliphatic carbocycles. The highest BCUT2D eigenvalue weighted by molar-refractivity contribution is 9.10. The minimum absolute atomic E-state index is 0.292. The van der Waals surface area contributed by atoms with Crippen molar-refractivity contribution in [2.24, 2.45) is 17.3 Å². The van der Waals surface area contributed by atoms with Gasteiger partial charge in [0.1, 0.15) is 0 Å². The maximum atomic E-state index is 6.63. The molecule has 0 radical (unpaired) electrons. The van der Waals surface area contributed by atoms with E-state index >= 15 is 0 Å². The van der Waals surface area contributed by atoms with E-state index in [4.69, 9.17) is 11.6 Å². The molecular formula is C15H22BrClS. The third-order valence-electron chi connectivity index (χ3n) is 4.35. The van der Waals surface area contributed by atoms with Crippen molar-refractivity contribution >= 4 is 38.9 Å². The molecule has 1 aliphatic rings. The Morgan fingerprint density at radius 3 is 2.72 bits per heavy atom. The SMILES string of the molecule is CC1CCC(C(C)(C)Cc2sccc2Br)C(Cl)C1. The fourth-order valence-corrected chi connectivity index (χ4v) is 5.69. The molecule has 2 rings (SSSR count). The second-order valence-corrected chi connectivity index (χ2v) is 8.81. The van der Waals surface area contributed by atoms with Gasteiger partial charge in [0.05, 0.1) is 0 Å². The van der Waals surface area contributed by atoms with Crippen molar-refractivity contribution in [2.75, 3.05) is 0 Å². The van der Waals surface area contributed by atoms with Crippen molar-refractivity contribution in [1.82, 2.24) is 0 Å². The molecule has 0 amide bonds. The Balaban J connectivity index is 2.08. The lowest BCUT2D eigenvalue weighted by Gasteiger charge is -2.42. The Bertz CT molecular complexity index is 399. The highest BCUT2D eigenvalue weighted by Gasteiger charge is 2.38. The third-order valence-corrected chi connectivity index (χ3v) is 6.75. The molecular weight excluding hydrogens is 328 g/mol. The van der Waals surface area contributed by atoms with Crippen LogP contribution in [0.2, 0.25) is 0 Å². The molecule has 0 N–H and O–H groups in total. The molecule has 3 heteroatoms. The van der Waals surface area contributed by atoms with Crippen molar-refractivity contribution in [3.05, 3.63) is 20.8 Å². The van der Waals surface area contributed by atoms with E-state index in [1.165, 1.54) is 28.6 Å². The summed E-state index contributed by atoms with van der Waals surface area (Å²) in [6.07, 6.45) is 4.93. The minimum atomic E-state index is 0.292. The molecule has 1 heterocycles. The second kappa shape index (κ2) is 5.85. The van der Waals surface area contributed by atoms with Crippen LogP contribution in [0.1, 0.15) is 44.9 Å². The van der Waals surface area contributed by atoms with Gasteiger partial charge in [-0.25, -0.2) is 0 Å². The Morgan fingerprint density at radius 1 is 1.44 bits per heavy atom. The summed E-state index contributed by atoms with van der Waals surface area (Å²) in [6, 6.07) is 2.15. The van der Waals surface area contributed by atoms with Crippen molar-refractivity contribution in [2.45, 2.75) is 51.8 Å². The van der Waals surface area contributed by atoms with Crippen molar-refractivity contribution in [3.63, 3.8) is 0 Å². The Kier molecular flexibility index (Phi) is 4.83. The van der Waals surface area contributed by atoms with E-state index in [1.54, 1.807) is 0 Å². The summed E-state index contributed by atoms with van der Waals surface area (Å²) in [5.74, 6) is 1.44. The van der Waals surface area contributed by atoms with Crippen LogP contribution in [0, 0.1) is 17.3 Å². The zero-order valence-electron chi connectivity index (χ0n) is 11.4. The lowest BCUT2D eigenvalue weighted by atomic mass is 9.67. The van der Waals surface area contributed by atoms with Gasteiger partial charge in [0.25, 0.3) is 0 Å². The number of hydrogen-bond acceptors (Lipinski definition) is 1. The number of rotatable bonds is 3. The van der Waals surface area contributed by atoms with Gasteiger partial charge < -0.3 is 0 Å². The smallest absolute Gasteiger partial charge is 0.0372 e. The van der Waals surface area contributed by atoms with Crippen molar-refractivity contribution in [3.8, 4) is 0 Å². The van der Waals surface area contributed by atoms with E-state index in [0.717, 1.165) is 12.3 Å². The summed E-state index contributed by atoms with van der Waals surface area (Å²) in [5, 5.41) is 2.51. The van der Waals surface area contributed by atoms with Crippen LogP contribution in [-0.2, 0) is 6.42 Å². The number of thiophene rings is 1. The fraction of sp³-hybridized carbons (Fsp3) is 0.733. The molecule has 18 heavy (non-hydrogen) atoms. The largest absolute Gasteiger partial charge is 0.148 e. The zero-order valence-corrected chi connectivity index (χ0v) is 14.5. The zero-order chi connectivity index (χ0) is 13.3. The van der Waals surface area contributed by atoms with Crippen LogP contribution >= 0.6 is 38.9 Å². The first-order chi connectivity index (χ1) is 8.40. The van der Waals surface area contributed by atoms with E-state index in [0.29, 0.717) is 16.7 Å². The molecule has 1 saturated carbocycles. The average molecular weight is 350 g/mol. The van der Waals surface area contributed by atoms with Gasteiger partial charge >= 0.3 is 0 Å². The van der Waals surface area contributed by atoms with Gasteiger partial charge in [0.2, 0.25) is 0 Å². The molecule has 0 aromatic carbocycles. The number of halogens is 2. The van der Waals surface area contributed by atoms with Crippen LogP contribution in [0.25, 0.3) is 0 Å². The Labute approximate surface area is 128 Å². The van der Waals surface area contributed by atoms with E-state index in [-0.39, 0.29) is 0 Å². The van der Waals surface area contributed by atoms with Crippen LogP contribution in [0.4, 0.5) is 0 Å². The van der Waals surface area contributed by atoms with Crippen LogP contribution in [0.5, 0.6) is 0 Å². The van der Waals surface area contributed by atoms with Crippen LogP contribution in [0.15, 0.2) is 15.9 Å². The van der Waals surface area contributed by atoms with Gasteiger partial charge in [-0.05, 0) is 63.9 Å². The first-order valence-corrected chi connectivity index (χ1v) is 8.87. The average Bonchev–Trinajstić information content (AvgIpc) is 2.63. The predicted molar refractivity (Wildman–Crippen MR) is 85.7 cm³/mol. The standard InChI is InChI=1S/C15H22BrClS/c1-10-4-5-11(13(17)8-10)15(2,3)9-14-12(16)6-7-18-14/h6-7,10-11,13H,4-5,8-9H2,1-3H3. The molecule has 0 bridgehead atoms. The van der Waals surface area contributed by atoms with Crippen molar-refractivity contribution in [1.29, 1.82) is 0 Å². The van der Waals surface area contributed by atoms with E-state index in [1.807, 2.05) is 11.3 Å². The van der Waals surface area contributed by atoms with E-state index < -0.39 is 0 Å². The maximum absolute atomic E-state index is 6.63. The second-order valence-electron chi connectivity index (χ2n) is 6.40. The van der Waals surface area contributed by atoms with Crippen molar-refractivity contribution < 1.29 is 0 Å². The molecule has 0 saturated heterocycles. The topological polar surface area (TPSA) is 0 Å². The van der Waals surface area contributed by atoms with Gasteiger partial charge in [0.15, 0.2) is 0 Å². The number of alkyl halides is 1. The Morgan fingerprint density at radius 2 is 2.17 bits per heavy atom. The molecule has 0 nitrogen and oxygen atoms in total. The maximum Gasteiger partial charge on any atom is 0.0372 e. The molecule has 1 fully saturated rings. The highest BCUT2D eigenvalue weighted by atomic mass is 79.9. The van der Waals surface area contributed by atoms with E-state index in [2.05, 4.69) is 48.1 Å². The van der Waals surface area contributed by atoms with Gasteiger partial charge in [-0.15, -0.1) is 22.9 Å². The van der Waals surface area contributed by atoms with Crippen LogP contribution in [-0.4, -0.2) is 5.38 Å². The lowest BCUT2D eigenvalue weighted by molar-refractivity contribution is 0.142. The summed E-state index contributed by atoms with van der Waals surface area (Å²) in [7, 11) is 0. The highest BCUT2D eigenvalue weighted by Crippen LogP contribution is 2.45. The molecule has 3 unspecified atom stereocenters. The van der Waals surface area contributed by atoms with E-state index in [9.17, 15) is 0 Å². The minimum Gasteiger partial charge on any atom is -0.148 e. The first-order valence-electron chi connectivity index (χ1n) is 6.76. The van der Waals surface area contributed by atoms with Gasteiger partial charge in [-0.2, -0.15) is 0 Å².